The van der Waals surface area contributed by atoms with Gasteiger partial charge in [-0.15, -0.1) is 0 Å². The second kappa shape index (κ2) is 3.27. The number of ketones is 1. The molecule has 1 rings (SSSR count). The molecule has 1 aromatic heterocycles. The van der Waals surface area contributed by atoms with Gasteiger partial charge in [0.15, 0.2) is 6.29 Å². The minimum Gasteiger partial charge on any atom is -0.352 e. The molecule has 0 radical (unpaired) electrons. The molecule has 5 heteroatoms. The highest BCUT2D eigenvalue weighted by molar-refractivity contribution is 5.97. The summed E-state index contributed by atoms with van der Waals surface area (Å²) in [6, 6.07) is 0. The molecule has 0 aromatic carbocycles. The molecule has 5 nitrogen and oxygen atoms in total. The van der Waals surface area contributed by atoms with Gasteiger partial charge in [0, 0.05) is 5.56 Å². The third-order valence-electron chi connectivity index (χ3n) is 1.51. The van der Waals surface area contributed by atoms with Crippen molar-refractivity contribution < 1.29 is 14.1 Å². The summed E-state index contributed by atoms with van der Waals surface area (Å²) in [5.41, 5.74) is 5.69. The van der Waals surface area contributed by atoms with Crippen molar-refractivity contribution in [1.29, 1.82) is 0 Å². The number of hydrogen-bond donors (Lipinski definition) is 1. The Morgan fingerprint density at radius 2 is 2.42 bits per heavy atom. The molecule has 12 heavy (non-hydrogen) atoms. The summed E-state index contributed by atoms with van der Waals surface area (Å²) in [6.07, 6.45) is 0.534. The molecule has 1 aromatic rings. The fourth-order valence-corrected chi connectivity index (χ4v) is 0.811. The van der Waals surface area contributed by atoms with Crippen molar-refractivity contribution in [3.05, 3.63) is 17.0 Å². The monoisotopic (exact) mass is 168 g/mol. The molecular weight excluding hydrogens is 160 g/mol. The first-order valence-corrected chi connectivity index (χ1v) is 3.35. The number of Topliss-reactive ketones (excluding diaryl/α,β-unsaturated/α-hetero) is 1. The number of rotatable bonds is 3. The average molecular weight is 168 g/mol. The molecule has 0 amide bonds. The first-order chi connectivity index (χ1) is 5.70. The van der Waals surface area contributed by atoms with Crippen molar-refractivity contribution in [2.24, 2.45) is 5.73 Å². The van der Waals surface area contributed by atoms with Gasteiger partial charge in [-0.25, -0.2) is 0 Å². The van der Waals surface area contributed by atoms with Crippen LogP contribution in [-0.4, -0.2) is 23.8 Å². The molecule has 64 valence electrons. The lowest BCUT2D eigenvalue weighted by molar-refractivity contribution is 0.0964. The zero-order valence-electron chi connectivity index (χ0n) is 6.53. The molecule has 0 unspecified atom stereocenters. The van der Waals surface area contributed by atoms with Crippen LogP contribution >= 0.6 is 0 Å². The smallest absolute Gasteiger partial charge is 0.214 e. The number of hydrogen-bond acceptors (Lipinski definition) is 5. The van der Waals surface area contributed by atoms with E-state index in [0.29, 0.717) is 11.8 Å². The lowest BCUT2D eigenvalue weighted by atomic mass is 10.2. The van der Waals surface area contributed by atoms with E-state index in [1.807, 2.05) is 0 Å². The summed E-state index contributed by atoms with van der Waals surface area (Å²) in [6.45, 7) is 1.44. The summed E-state index contributed by atoms with van der Waals surface area (Å²) in [7, 11) is 0. The Bertz CT molecular complexity index is 316. The Labute approximate surface area is 68.5 Å². The van der Waals surface area contributed by atoms with Gasteiger partial charge >= 0.3 is 0 Å². The summed E-state index contributed by atoms with van der Waals surface area (Å²) < 4.78 is 4.63. The van der Waals surface area contributed by atoms with Gasteiger partial charge in [-0.3, -0.25) is 9.59 Å². The zero-order valence-corrected chi connectivity index (χ0v) is 6.53. The van der Waals surface area contributed by atoms with Crippen molar-refractivity contribution in [1.82, 2.24) is 5.16 Å². The Morgan fingerprint density at radius 1 is 1.75 bits per heavy atom. The number of aldehydes is 1. The maximum atomic E-state index is 11.0. The fraction of sp³-hybridized carbons (Fsp3) is 0.286. The SMILES string of the molecule is Cc1c(C=O)noc1C(=O)CN. The van der Waals surface area contributed by atoms with E-state index in [-0.39, 0.29) is 23.8 Å². The van der Waals surface area contributed by atoms with Crippen LogP contribution in [0.3, 0.4) is 0 Å². The average Bonchev–Trinajstić information content (AvgIpc) is 2.45. The van der Waals surface area contributed by atoms with Crippen molar-refractivity contribution in [2.45, 2.75) is 6.92 Å². The predicted molar refractivity (Wildman–Crippen MR) is 40.0 cm³/mol. The third-order valence-corrected chi connectivity index (χ3v) is 1.51. The Hall–Kier alpha value is -1.49. The van der Waals surface area contributed by atoms with E-state index in [9.17, 15) is 9.59 Å². The van der Waals surface area contributed by atoms with Crippen molar-refractivity contribution in [3.8, 4) is 0 Å². The van der Waals surface area contributed by atoms with Crippen molar-refractivity contribution in [3.63, 3.8) is 0 Å². The first kappa shape index (κ1) is 8.61. The second-order valence-corrected chi connectivity index (χ2v) is 2.27. The van der Waals surface area contributed by atoms with Crippen LogP contribution < -0.4 is 5.73 Å². The summed E-state index contributed by atoms with van der Waals surface area (Å²) in [5, 5.41) is 3.38. The van der Waals surface area contributed by atoms with Crippen LogP contribution in [0.15, 0.2) is 4.52 Å². The van der Waals surface area contributed by atoms with Gasteiger partial charge < -0.3 is 10.3 Å². The molecule has 0 saturated carbocycles. The molecule has 0 atom stereocenters. The quantitative estimate of drug-likeness (QED) is 0.504. The number of nitrogens with zero attached hydrogens (tertiary/aromatic N) is 1. The highest BCUT2D eigenvalue weighted by atomic mass is 16.5. The van der Waals surface area contributed by atoms with E-state index in [0.717, 1.165) is 0 Å². The van der Waals surface area contributed by atoms with Crippen LogP contribution in [0.1, 0.15) is 26.6 Å². The van der Waals surface area contributed by atoms with Gasteiger partial charge in [-0.05, 0) is 6.92 Å². The molecule has 2 N–H and O–H groups in total. The normalized spacial score (nSPS) is 9.83. The minimum absolute atomic E-state index is 0.0691. The van der Waals surface area contributed by atoms with Gasteiger partial charge in [0.25, 0.3) is 0 Å². The van der Waals surface area contributed by atoms with Gasteiger partial charge in [-0.1, -0.05) is 5.16 Å². The Balaban J connectivity index is 3.10. The Morgan fingerprint density at radius 3 is 2.83 bits per heavy atom. The molecule has 0 aliphatic heterocycles. The molecule has 0 bridgehead atoms. The van der Waals surface area contributed by atoms with Crippen LogP contribution in [0.5, 0.6) is 0 Å². The number of aromatic nitrogens is 1. The van der Waals surface area contributed by atoms with E-state index in [1.54, 1.807) is 6.92 Å². The summed E-state index contributed by atoms with van der Waals surface area (Å²) in [5.74, 6) is -0.285. The molecular formula is C7H8N2O3. The van der Waals surface area contributed by atoms with Crippen LogP contribution in [0, 0.1) is 6.92 Å². The first-order valence-electron chi connectivity index (χ1n) is 3.35. The summed E-state index contributed by atoms with van der Waals surface area (Å²) >= 11 is 0. The largest absolute Gasteiger partial charge is 0.352 e. The standard InChI is InChI=1S/C7H8N2O3/c1-4-5(3-10)9-12-7(4)6(11)2-8/h3H,2,8H2,1H3. The molecule has 1 heterocycles. The lowest BCUT2D eigenvalue weighted by Gasteiger charge is -1.90. The van der Waals surface area contributed by atoms with Gasteiger partial charge in [0.2, 0.25) is 11.5 Å². The van der Waals surface area contributed by atoms with Crippen molar-refractivity contribution >= 4 is 12.1 Å². The number of carbonyl (C=O) groups is 2. The number of carbonyl (C=O) groups excluding carboxylic acids is 2. The lowest BCUT2D eigenvalue weighted by Crippen LogP contribution is -2.13. The summed E-state index contributed by atoms with van der Waals surface area (Å²) in [4.78, 5) is 21.3. The van der Waals surface area contributed by atoms with Crippen LogP contribution in [-0.2, 0) is 0 Å². The molecule has 0 spiro atoms. The molecule has 0 saturated heterocycles. The fourth-order valence-electron chi connectivity index (χ4n) is 0.811. The molecule has 0 aliphatic carbocycles. The third kappa shape index (κ3) is 1.26. The predicted octanol–water partition coefficient (Wildman–Crippen LogP) is -0.0631. The van der Waals surface area contributed by atoms with Gasteiger partial charge in [0.05, 0.1) is 6.54 Å². The van der Waals surface area contributed by atoms with Crippen LogP contribution in [0.25, 0.3) is 0 Å². The molecule has 0 fully saturated rings. The van der Waals surface area contributed by atoms with E-state index < -0.39 is 0 Å². The van der Waals surface area contributed by atoms with Crippen LogP contribution in [0.4, 0.5) is 0 Å². The highest BCUT2D eigenvalue weighted by Crippen LogP contribution is 2.10. The topological polar surface area (TPSA) is 86.2 Å². The minimum atomic E-state index is -0.354. The van der Waals surface area contributed by atoms with E-state index in [1.165, 1.54) is 0 Å². The van der Waals surface area contributed by atoms with Gasteiger partial charge in [-0.2, -0.15) is 0 Å². The number of nitrogens with two attached hydrogens (primary N) is 1. The highest BCUT2D eigenvalue weighted by Gasteiger charge is 2.16. The van der Waals surface area contributed by atoms with E-state index >= 15 is 0 Å². The molecule has 0 aliphatic rings. The van der Waals surface area contributed by atoms with Crippen molar-refractivity contribution in [2.75, 3.05) is 6.54 Å². The van der Waals surface area contributed by atoms with Crippen LogP contribution in [0.2, 0.25) is 0 Å². The second-order valence-electron chi connectivity index (χ2n) is 2.27. The maximum absolute atomic E-state index is 11.0. The Kier molecular flexibility index (Phi) is 2.35. The van der Waals surface area contributed by atoms with Gasteiger partial charge in [0.1, 0.15) is 5.69 Å². The van der Waals surface area contributed by atoms with E-state index in [4.69, 9.17) is 5.73 Å². The van der Waals surface area contributed by atoms with E-state index in [2.05, 4.69) is 9.68 Å². The zero-order chi connectivity index (χ0) is 9.14. The maximum Gasteiger partial charge on any atom is 0.214 e.